The van der Waals surface area contributed by atoms with Gasteiger partial charge in [0.05, 0.1) is 22.6 Å². The van der Waals surface area contributed by atoms with Crippen molar-refractivity contribution in [1.29, 1.82) is 0 Å². The van der Waals surface area contributed by atoms with Gasteiger partial charge in [-0.15, -0.1) is 23.2 Å². The highest BCUT2D eigenvalue weighted by Gasteiger charge is 2.66. The fourth-order valence-corrected chi connectivity index (χ4v) is 5.77. The SMILES string of the molecule is O=C(COC(=O)CN1C(=O)[C@@H]2[C@H]3C[C@@H]([C@H](Cl)[C@@H]3Cl)[C@@H]2C1=O)Nc1ccc(Br)cc1. The number of carbonyl (C=O) groups is 4. The molecule has 2 aliphatic carbocycles. The van der Waals surface area contributed by atoms with Crippen molar-refractivity contribution in [2.75, 3.05) is 18.5 Å². The summed E-state index contributed by atoms with van der Waals surface area (Å²) in [6.45, 7) is -1.04. The quantitative estimate of drug-likeness (QED) is 0.378. The molecule has 1 aromatic rings. The number of nitrogens with one attached hydrogen (secondary N) is 1. The summed E-state index contributed by atoms with van der Waals surface area (Å²) in [7, 11) is 0. The van der Waals surface area contributed by atoms with Crippen LogP contribution < -0.4 is 5.32 Å². The molecule has 3 fully saturated rings. The third-order valence-electron chi connectivity index (χ3n) is 5.86. The van der Waals surface area contributed by atoms with E-state index in [0.29, 0.717) is 12.1 Å². The number of anilines is 1. The predicted molar refractivity (Wildman–Crippen MR) is 108 cm³/mol. The zero-order valence-corrected chi connectivity index (χ0v) is 18.1. The molecule has 6 atom stereocenters. The second-order valence-corrected chi connectivity index (χ2v) is 9.41. The molecule has 7 nitrogen and oxygen atoms in total. The Hall–Kier alpha value is -1.64. The van der Waals surface area contributed by atoms with Crippen molar-refractivity contribution in [3.8, 4) is 0 Å². The van der Waals surface area contributed by atoms with Gasteiger partial charge in [-0.25, -0.2) is 0 Å². The van der Waals surface area contributed by atoms with Gasteiger partial charge in [0.2, 0.25) is 11.8 Å². The number of halogens is 3. The van der Waals surface area contributed by atoms with Crippen molar-refractivity contribution in [3.63, 3.8) is 0 Å². The monoisotopic (exact) mass is 502 g/mol. The van der Waals surface area contributed by atoms with Gasteiger partial charge in [-0.05, 0) is 42.5 Å². The first-order valence-electron chi connectivity index (χ1n) is 9.12. The summed E-state index contributed by atoms with van der Waals surface area (Å²) < 4.78 is 5.80. The predicted octanol–water partition coefficient (Wildman–Crippen LogP) is 2.40. The van der Waals surface area contributed by atoms with Crippen LogP contribution in [0.4, 0.5) is 5.69 Å². The average molecular weight is 504 g/mol. The first kappa shape index (κ1) is 20.6. The van der Waals surface area contributed by atoms with Gasteiger partial charge in [-0.2, -0.15) is 0 Å². The molecule has 1 saturated heterocycles. The summed E-state index contributed by atoms with van der Waals surface area (Å²) in [6, 6.07) is 6.89. The zero-order chi connectivity index (χ0) is 20.9. The molecule has 0 spiro atoms. The molecule has 10 heteroatoms. The van der Waals surface area contributed by atoms with Gasteiger partial charge in [0, 0.05) is 10.2 Å². The van der Waals surface area contributed by atoms with Crippen LogP contribution in [-0.2, 0) is 23.9 Å². The minimum absolute atomic E-state index is 0.150. The molecule has 29 heavy (non-hydrogen) atoms. The van der Waals surface area contributed by atoms with Crippen LogP contribution >= 0.6 is 39.1 Å². The van der Waals surface area contributed by atoms with E-state index in [1.165, 1.54) is 0 Å². The Morgan fingerprint density at radius 1 is 1.07 bits per heavy atom. The van der Waals surface area contributed by atoms with Gasteiger partial charge in [0.1, 0.15) is 6.54 Å². The van der Waals surface area contributed by atoms with Gasteiger partial charge in [0.25, 0.3) is 5.91 Å². The molecule has 154 valence electrons. The number of hydrogen-bond donors (Lipinski definition) is 1. The number of rotatable bonds is 5. The Morgan fingerprint density at radius 3 is 2.17 bits per heavy atom. The largest absolute Gasteiger partial charge is 0.454 e. The Morgan fingerprint density at radius 2 is 1.62 bits per heavy atom. The van der Waals surface area contributed by atoms with Crippen LogP contribution in [0.3, 0.4) is 0 Å². The van der Waals surface area contributed by atoms with E-state index in [2.05, 4.69) is 21.2 Å². The number of alkyl halides is 2. The van der Waals surface area contributed by atoms with Crippen LogP contribution in [0, 0.1) is 23.7 Å². The lowest BCUT2D eigenvalue weighted by molar-refractivity contribution is -0.154. The van der Waals surface area contributed by atoms with Gasteiger partial charge >= 0.3 is 5.97 Å². The molecule has 1 N–H and O–H groups in total. The van der Waals surface area contributed by atoms with E-state index in [0.717, 1.165) is 9.37 Å². The van der Waals surface area contributed by atoms with Crippen molar-refractivity contribution in [3.05, 3.63) is 28.7 Å². The maximum Gasteiger partial charge on any atom is 0.326 e. The third-order valence-corrected chi connectivity index (χ3v) is 7.71. The highest BCUT2D eigenvalue weighted by Crippen LogP contribution is 2.59. The molecular formula is C19H17BrCl2N2O5. The number of carbonyl (C=O) groups excluding carboxylic acids is 4. The highest BCUT2D eigenvalue weighted by atomic mass is 79.9. The van der Waals surface area contributed by atoms with Crippen molar-refractivity contribution < 1.29 is 23.9 Å². The standard InChI is InChI=1S/C19H17BrCl2N2O5/c20-8-1-3-9(4-2-8)23-12(25)7-29-13(26)6-24-18(27)14-10-5-11(15(14)19(24)28)17(22)16(10)21/h1-4,10-11,14-17H,5-7H2,(H,23,25)/t10-,11-,14-,15+,16-,17+/m1/s1. The highest BCUT2D eigenvalue weighted by molar-refractivity contribution is 9.10. The van der Waals surface area contributed by atoms with Crippen molar-refractivity contribution >= 4 is 68.5 Å². The number of amides is 3. The fourth-order valence-electron chi connectivity index (χ4n) is 4.62. The number of likely N-dealkylation sites (tertiary alicyclic amines) is 1. The van der Waals surface area contributed by atoms with Gasteiger partial charge in [-0.3, -0.25) is 24.1 Å². The van der Waals surface area contributed by atoms with E-state index in [-0.39, 0.29) is 22.6 Å². The maximum atomic E-state index is 12.7. The molecule has 2 saturated carbocycles. The Balaban J connectivity index is 1.31. The number of hydrogen-bond acceptors (Lipinski definition) is 5. The van der Waals surface area contributed by atoms with Crippen LogP contribution in [0.15, 0.2) is 28.7 Å². The summed E-state index contributed by atoms with van der Waals surface area (Å²) in [5.41, 5.74) is 0.550. The van der Waals surface area contributed by atoms with Crippen molar-refractivity contribution in [2.45, 2.75) is 17.2 Å². The lowest BCUT2D eigenvalue weighted by Crippen LogP contribution is -2.38. The number of benzene rings is 1. The van der Waals surface area contributed by atoms with Crippen LogP contribution in [-0.4, -0.2) is 52.5 Å². The first-order valence-corrected chi connectivity index (χ1v) is 10.8. The number of ether oxygens (including phenoxy) is 1. The Bertz CT molecular complexity index is 848. The minimum atomic E-state index is -0.824. The second kappa shape index (κ2) is 7.89. The van der Waals surface area contributed by atoms with E-state index >= 15 is 0 Å². The van der Waals surface area contributed by atoms with Crippen LogP contribution in [0.1, 0.15) is 6.42 Å². The van der Waals surface area contributed by atoms with Crippen LogP contribution in [0.2, 0.25) is 0 Å². The van der Waals surface area contributed by atoms with Crippen LogP contribution in [0.5, 0.6) is 0 Å². The normalized spacial score (nSPS) is 32.4. The topological polar surface area (TPSA) is 92.8 Å². The molecule has 1 aliphatic heterocycles. The second-order valence-electron chi connectivity index (χ2n) is 7.48. The number of nitrogens with zero attached hydrogens (tertiary/aromatic N) is 1. The molecule has 3 aliphatic rings. The van der Waals surface area contributed by atoms with E-state index in [9.17, 15) is 19.2 Å². The molecule has 1 aromatic carbocycles. The molecular weight excluding hydrogens is 487 g/mol. The number of imide groups is 1. The molecule has 4 rings (SSSR count). The molecule has 0 unspecified atom stereocenters. The Labute approximate surface area is 185 Å². The first-order chi connectivity index (χ1) is 13.8. The van der Waals surface area contributed by atoms with Gasteiger partial charge in [-0.1, -0.05) is 15.9 Å². The molecule has 1 heterocycles. The average Bonchev–Trinajstić information content (AvgIpc) is 3.29. The van der Waals surface area contributed by atoms with Crippen LogP contribution in [0.25, 0.3) is 0 Å². The summed E-state index contributed by atoms with van der Waals surface area (Å²) in [4.78, 5) is 50.3. The molecule has 3 amide bonds. The lowest BCUT2D eigenvalue weighted by Gasteiger charge is -2.28. The summed E-state index contributed by atoms with van der Waals surface area (Å²) in [5, 5.41) is 1.88. The van der Waals surface area contributed by atoms with Gasteiger partial charge < -0.3 is 10.1 Å². The Kier molecular flexibility index (Phi) is 5.61. The summed E-state index contributed by atoms with van der Waals surface area (Å²) in [5.74, 6) is -3.49. The minimum Gasteiger partial charge on any atom is -0.454 e. The molecule has 2 bridgehead atoms. The van der Waals surface area contributed by atoms with E-state index in [1.807, 2.05) is 0 Å². The van der Waals surface area contributed by atoms with Crippen molar-refractivity contribution in [1.82, 2.24) is 4.90 Å². The third kappa shape index (κ3) is 3.66. The van der Waals surface area contributed by atoms with E-state index in [4.69, 9.17) is 27.9 Å². The maximum absolute atomic E-state index is 12.7. The number of esters is 1. The smallest absolute Gasteiger partial charge is 0.326 e. The lowest BCUT2D eigenvalue weighted by atomic mass is 9.80. The van der Waals surface area contributed by atoms with Gasteiger partial charge in [0.15, 0.2) is 6.61 Å². The molecule has 0 radical (unpaired) electrons. The summed E-state index contributed by atoms with van der Waals surface area (Å²) in [6.07, 6.45) is 0.656. The summed E-state index contributed by atoms with van der Waals surface area (Å²) >= 11 is 15.9. The number of fused-ring (bicyclic) bond motifs is 5. The molecule has 0 aromatic heterocycles. The van der Waals surface area contributed by atoms with E-state index < -0.39 is 48.7 Å². The fraction of sp³-hybridized carbons (Fsp3) is 0.474. The van der Waals surface area contributed by atoms with Crippen molar-refractivity contribution in [2.24, 2.45) is 23.7 Å². The zero-order valence-electron chi connectivity index (χ0n) is 15.0. The van der Waals surface area contributed by atoms with E-state index in [1.54, 1.807) is 24.3 Å².